The van der Waals surface area contributed by atoms with Crippen molar-refractivity contribution in [3.05, 3.63) is 71.0 Å². The van der Waals surface area contributed by atoms with E-state index >= 15 is 0 Å². The fraction of sp³-hybridized carbons (Fsp3) is 0.167. The first kappa shape index (κ1) is 19.4. The summed E-state index contributed by atoms with van der Waals surface area (Å²) in [4.78, 5) is 21.9. The van der Waals surface area contributed by atoms with Crippen molar-refractivity contribution in [2.24, 2.45) is 0 Å². The summed E-state index contributed by atoms with van der Waals surface area (Å²) in [6, 6.07) is 8.68. The Morgan fingerprint density at radius 2 is 1.81 bits per heavy atom. The highest BCUT2D eigenvalue weighted by Gasteiger charge is 2.29. The van der Waals surface area contributed by atoms with E-state index in [-0.39, 0.29) is 11.7 Å². The minimum absolute atomic E-state index is 0.174. The highest BCUT2D eigenvalue weighted by Crippen LogP contribution is 2.30. The number of hydrogen-bond acceptors (Lipinski definition) is 5. The summed E-state index contributed by atoms with van der Waals surface area (Å²) in [5.74, 6) is 0.0740. The van der Waals surface area contributed by atoms with Crippen LogP contribution in [0.4, 0.5) is 18.3 Å². The Hall–Kier alpha value is -2.39. The van der Waals surface area contributed by atoms with Crippen LogP contribution in [0.2, 0.25) is 0 Å². The molecule has 0 aliphatic heterocycles. The van der Waals surface area contributed by atoms with E-state index in [1.807, 2.05) is 12.1 Å². The number of thioether (sulfide) groups is 1. The summed E-state index contributed by atoms with van der Waals surface area (Å²) < 4.78 is 37.8. The van der Waals surface area contributed by atoms with Crippen molar-refractivity contribution in [3.63, 3.8) is 0 Å². The van der Waals surface area contributed by atoms with Crippen LogP contribution in [-0.2, 0) is 17.4 Å². The Labute approximate surface area is 161 Å². The molecule has 0 fully saturated rings. The summed E-state index contributed by atoms with van der Waals surface area (Å²) in [6.45, 7) is 0. The average molecular weight is 409 g/mol. The van der Waals surface area contributed by atoms with Gasteiger partial charge in [0.1, 0.15) is 0 Å². The number of alkyl halides is 3. The van der Waals surface area contributed by atoms with Gasteiger partial charge < -0.3 is 5.32 Å². The lowest BCUT2D eigenvalue weighted by atomic mass is 10.1. The molecule has 3 aromatic rings. The maximum atomic E-state index is 12.6. The van der Waals surface area contributed by atoms with Crippen molar-refractivity contribution in [2.75, 3.05) is 11.1 Å². The molecular formula is C18H14F3N3OS2. The number of thiazole rings is 1. The number of nitrogens with zero attached hydrogens (tertiary/aromatic N) is 2. The van der Waals surface area contributed by atoms with Gasteiger partial charge in [-0.15, -0.1) is 23.1 Å². The summed E-state index contributed by atoms with van der Waals surface area (Å²) >= 11 is 2.70. The molecule has 1 aromatic carbocycles. The highest BCUT2D eigenvalue weighted by atomic mass is 32.2. The van der Waals surface area contributed by atoms with E-state index in [1.165, 1.54) is 35.2 Å². The molecule has 0 spiro atoms. The van der Waals surface area contributed by atoms with Gasteiger partial charge in [0.25, 0.3) is 0 Å². The summed E-state index contributed by atoms with van der Waals surface area (Å²) in [5, 5.41) is 3.20. The minimum Gasteiger partial charge on any atom is -0.301 e. The van der Waals surface area contributed by atoms with E-state index in [0.29, 0.717) is 11.6 Å². The molecule has 1 N–H and O–H groups in total. The first-order valence-corrected chi connectivity index (χ1v) is 9.64. The molecule has 3 rings (SSSR count). The number of carbonyl (C=O) groups is 1. The molecule has 0 aliphatic rings. The molecule has 4 nitrogen and oxygen atoms in total. The fourth-order valence-corrected chi connectivity index (χ4v) is 3.75. The number of anilines is 1. The maximum absolute atomic E-state index is 12.6. The first-order valence-electron chi connectivity index (χ1n) is 7.84. The van der Waals surface area contributed by atoms with E-state index in [2.05, 4.69) is 15.3 Å². The van der Waals surface area contributed by atoms with Gasteiger partial charge in [-0.2, -0.15) is 13.2 Å². The molecule has 2 aromatic heterocycles. The quantitative estimate of drug-likeness (QED) is 0.590. The SMILES string of the molecule is O=C(CSc1ccncc1)Nc1ncc(Cc2ccc(C(F)(F)F)cc2)s1. The number of benzene rings is 1. The number of rotatable bonds is 6. The number of pyridine rings is 1. The predicted octanol–water partition coefficient (Wildman–Crippen LogP) is 4.88. The summed E-state index contributed by atoms with van der Waals surface area (Å²) in [7, 11) is 0. The lowest BCUT2D eigenvalue weighted by Gasteiger charge is -2.06. The predicted molar refractivity (Wildman–Crippen MR) is 100.0 cm³/mol. The number of carbonyl (C=O) groups excluding carboxylic acids is 1. The molecule has 9 heteroatoms. The van der Waals surface area contributed by atoms with Gasteiger partial charge in [0.2, 0.25) is 5.91 Å². The second-order valence-electron chi connectivity index (χ2n) is 5.52. The van der Waals surface area contributed by atoms with Crippen LogP contribution in [0.25, 0.3) is 0 Å². The van der Waals surface area contributed by atoms with Crippen molar-refractivity contribution < 1.29 is 18.0 Å². The summed E-state index contributed by atoms with van der Waals surface area (Å²) in [6.07, 6.45) is 1.06. The Bertz CT molecular complexity index is 896. The Morgan fingerprint density at radius 1 is 1.11 bits per heavy atom. The molecule has 27 heavy (non-hydrogen) atoms. The third-order valence-corrected chi connectivity index (χ3v) is 5.40. The van der Waals surface area contributed by atoms with Gasteiger partial charge in [-0.05, 0) is 29.8 Å². The van der Waals surface area contributed by atoms with Crippen molar-refractivity contribution in [3.8, 4) is 0 Å². The molecule has 0 atom stereocenters. The molecule has 0 aliphatic carbocycles. The molecule has 0 unspecified atom stereocenters. The monoisotopic (exact) mass is 409 g/mol. The maximum Gasteiger partial charge on any atom is 0.416 e. The number of aromatic nitrogens is 2. The lowest BCUT2D eigenvalue weighted by Crippen LogP contribution is -2.13. The average Bonchev–Trinajstić information content (AvgIpc) is 3.07. The van der Waals surface area contributed by atoms with Crippen LogP contribution in [0.5, 0.6) is 0 Å². The van der Waals surface area contributed by atoms with Crippen LogP contribution in [0.15, 0.2) is 59.9 Å². The Morgan fingerprint density at radius 3 is 2.48 bits per heavy atom. The van der Waals surface area contributed by atoms with Gasteiger partial charge in [0, 0.05) is 34.8 Å². The van der Waals surface area contributed by atoms with E-state index in [9.17, 15) is 18.0 Å². The van der Waals surface area contributed by atoms with Crippen molar-refractivity contribution in [1.82, 2.24) is 9.97 Å². The molecule has 140 valence electrons. The number of amides is 1. The number of halogens is 3. The zero-order valence-corrected chi connectivity index (χ0v) is 15.5. The third kappa shape index (κ3) is 5.80. The van der Waals surface area contributed by atoms with E-state index in [0.717, 1.165) is 27.5 Å². The van der Waals surface area contributed by atoms with E-state index < -0.39 is 11.7 Å². The Kier molecular flexibility index (Phi) is 6.12. The smallest absolute Gasteiger partial charge is 0.301 e. The van der Waals surface area contributed by atoms with Crippen LogP contribution >= 0.6 is 23.1 Å². The van der Waals surface area contributed by atoms with Crippen molar-refractivity contribution >= 4 is 34.1 Å². The van der Waals surface area contributed by atoms with E-state index in [4.69, 9.17) is 0 Å². The molecule has 0 bridgehead atoms. The van der Waals surface area contributed by atoms with Gasteiger partial charge in [-0.3, -0.25) is 9.78 Å². The first-order chi connectivity index (χ1) is 12.9. The van der Waals surface area contributed by atoms with Crippen LogP contribution < -0.4 is 5.32 Å². The molecular weight excluding hydrogens is 395 g/mol. The van der Waals surface area contributed by atoms with Gasteiger partial charge in [0.15, 0.2) is 5.13 Å². The molecule has 0 radical (unpaired) electrons. The lowest BCUT2D eigenvalue weighted by molar-refractivity contribution is -0.137. The van der Waals surface area contributed by atoms with Crippen molar-refractivity contribution in [1.29, 1.82) is 0 Å². The van der Waals surface area contributed by atoms with Crippen LogP contribution in [-0.4, -0.2) is 21.6 Å². The largest absolute Gasteiger partial charge is 0.416 e. The second kappa shape index (κ2) is 8.53. The highest BCUT2D eigenvalue weighted by molar-refractivity contribution is 8.00. The topological polar surface area (TPSA) is 54.9 Å². The van der Waals surface area contributed by atoms with Crippen LogP contribution in [0.3, 0.4) is 0 Å². The second-order valence-corrected chi connectivity index (χ2v) is 7.69. The molecule has 1 amide bonds. The van der Waals surface area contributed by atoms with Crippen molar-refractivity contribution in [2.45, 2.75) is 17.5 Å². The van der Waals surface area contributed by atoms with Crippen LogP contribution in [0.1, 0.15) is 16.0 Å². The fourth-order valence-electron chi connectivity index (χ4n) is 2.20. The molecule has 0 saturated carbocycles. The minimum atomic E-state index is -4.34. The van der Waals surface area contributed by atoms with Crippen LogP contribution in [0, 0.1) is 0 Å². The third-order valence-electron chi connectivity index (χ3n) is 3.48. The number of nitrogens with one attached hydrogen (secondary N) is 1. The van der Waals surface area contributed by atoms with Gasteiger partial charge >= 0.3 is 6.18 Å². The van der Waals surface area contributed by atoms with Gasteiger partial charge in [-0.25, -0.2) is 4.98 Å². The van der Waals surface area contributed by atoms with Gasteiger partial charge in [0.05, 0.1) is 11.3 Å². The molecule has 0 saturated heterocycles. The van der Waals surface area contributed by atoms with Gasteiger partial charge in [-0.1, -0.05) is 12.1 Å². The summed E-state index contributed by atoms with van der Waals surface area (Å²) in [5.41, 5.74) is 0.0768. The molecule has 2 heterocycles. The zero-order chi connectivity index (χ0) is 19.3. The zero-order valence-electron chi connectivity index (χ0n) is 13.9. The Balaban J connectivity index is 1.53. The standard InChI is InChI=1S/C18H14F3N3OS2/c19-18(20,21)13-3-1-12(2-4-13)9-15-10-23-17(27-15)24-16(25)11-26-14-5-7-22-8-6-14/h1-8,10H,9,11H2,(H,23,24,25). The van der Waals surface area contributed by atoms with E-state index in [1.54, 1.807) is 18.6 Å². The normalized spacial score (nSPS) is 11.4. The number of hydrogen-bond donors (Lipinski definition) is 1.